The quantitative estimate of drug-likeness (QED) is 0.772. The van der Waals surface area contributed by atoms with Gasteiger partial charge >= 0.3 is 0 Å². The van der Waals surface area contributed by atoms with Gasteiger partial charge in [-0.2, -0.15) is 0 Å². The van der Waals surface area contributed by atoms with E-state index in [4.69, 9.17) is 0 Å². The largest absolute Gasteiger partial charge is 0.352 e. The molecule has 0 bridgehead atoms. The number of hydrogen-bond acceptors (Lipinski definition) is 2. The molecule has 0 spiro atoms. The van der Waals surface area contributed by atoms with Crippen molar-refractivity contribution in [2.75, 3.05) is 19.6 Å². The van der Waals surface area contributed by atoms with Crippen LogP contribution in [0.1, 0.15) is 33.6 Å². The summed E-state index contributed by atoms with van der Waals surface area (Å²) in [5, 5.41) is 2.88. The van der Waals surface area contributed by atoms with Crippen LogP contribution in [0, 0.1) is 11.8 Å². The van der Waals surface area contributed by atoms with Gasteiger partial charge in [0.15, 0.2) is 0 Å². The van der Waals surface area contributed by atoms with E-state index in [2.05, 4.69) is 11.9 Å². The summed E-state index contributed by atoms with van der Waals surface area (Å²) < 4.78 is 0. The fourth-order valence-electron chi connectivity index (χ4n) is 2.11. The second kappa shape index (κ2) is 6.57. The Balaban J connectivity index is 2.37. The minimum atomic E-state index is 0.0405. The Morgan fingerprint density at radius 3 is 2.33 bits per heavy atom. The molecule has 1 heterocycles. The molecule has 0 aromatic heterocycles. The molecular weight excluding hydrogens is 228 g/mol. The molecule has 1 fully saturated rings. The highest BCUT2D eigenvalue weighted by atomic mass is 16.2. The Bertz CT molecular complexity index is 329. The van der Waals surface area contributed by atoms with Crippen LogP contribution in [0.15, 0.2) is 12.2 Å². The summed E-state index contributed by atoms with van der Waals surface area (Å²) in [4.78, 5) is 25.5. The molecule has 0 atom stereocenters. The Hall–Kier alpha value is -1.32. The minimum Gasteiger partial charge on any atom is -0.352 e. The lowest BCUT2D eigenvalue weighted by Crippen LogP contribution is -2.44. The standard InChI is InChI=1S/C14H24N2O2/c1-10(2)9-15-13(17)12-5-7-16(8-6-12)14(18)11(3)4/h11-12H,1,5-9H2,2-4H3,(H,15,17). The molecule has 1 rings (SSSR count). The number of amides is 2. The number of likely N-dealkylation sites (tertiary alicyclic amines) is 1. The van der Waals surface area contributed by atoms with Crippen molar-refractivity contribution in [3.05, 3.63) is 12.2 Å². The molecule has 0 unspecified atom stereocenters. The molecule has 0 saturated carbocycles. The third-order valence-corrected chi connectivity index (χ3v) is 3.24. The summed E-state index contributed by atoms with van der Waals surface area (Å²) in [6.45, 7) is 11.4. The first-order valence-corrected chi connectivity index (χ1v) is 6.62. The van der Waals surface area contributed by atoms with Crippen molar-refractivity contribution in [3.63, 3.8) is 0 Å². The minimum absolute atomic E-state index is 0.0405. The van der Waals surface area contributed by atoms with E-state index in [-0.39, 0.29) is 23.7 Å². The molecule has 4 nitrogen and oxygen atoms in total. The van der Waals surface area contributed by atoms with Crippen LogP contribution < -0.4 is 5.32 Å². The first-order valence-electron chi connectivity index (χ1n) is 6.62. The van der Waals surface area contributed by atoms with E-state index in [0.717, 1.165) is 18.4 Å². The fourth-order valence-corrected chi connectivity index (χ4v) is 2.11. The molecule has 0 aliphatic carbocycles. The van der Waals surface area contributed by atoms with Crippen LogP contribution in [0.4, 0.5) is 0 Å². The summed E-state index contributed by atoms with van der Waals surface area (Å²) in [6.07, 6.45) is 1.53. The molecule has 0 radical (unpaired) electrons. The lowest BCUT2D eigenvalue weighted by Gasteiger charge is -2.32. The van der Waals surface area contributed by atoms with Crippen LogP contribution in [0.3, 0.4) is 0 Å². The van der Waals surface area contributed by atoms with Crippen molar-refractivity contribution in [2.45, 2.75) is 33.6 Å². The maximum atomic E-state index is 11.9. The second-order valence-corrected chi connectivity index (χ2v) is 5.43. The Kier molecular flexibility index (Phi) is 5.38. The molecule has 4 heteroatoms. The van der Waals surface area contributed by atoms with Gasteiger partial charge in [-0.25, -0.2) is 0 Å². The van der Waals surface area contributed by atoms with E-state index in [9.17, 15) is 9.59 Å². The Morgan fingerprint density at radius 1 is 1.33 bits per heavy atom. The maximum Gasteiger partial charge on any atom is 0.225 e. The maximum absolute atomic E-state index is 11.9. The van der Waals surface area contributed by atoms with E-state index in [0.29, 0.717) is 19.6 Å². The lowest BCUT2D eigenvalue weighted by molar-refractivity contribution is -0.138. The molecule has 0 aromatic carbocycles. The Labute approximate surface area is 109 Å². The van der Waals surface area contributed by atoms with Gasteiger partial charge < -0.3 is 10.2 Å². The first-order chi connectivity index (χ1) is 8.41. The Morgan fingerprint density at radius 2 is 1.89 bits per heavy atom. The van der Waals surface area contributed by atoms with Crippen molar-refractivity contribution in [2.24, 2.45) is 11.8 Å². The van der Waals surface area contributed by atoms with Gasteiger partial charge in [-0.05, 0) is 19.8 Å². The summed E-state index contributed by atoms with van der Waals surface area (Å²) >= 11 is 0. The van der Waals surface area contributed by atoms with E-state index in [1.165, 1.54) is 0 Å². The molecule has 102 valence electrons. The average Bonchev–Trinajstić information content (AvgIpc) is 2.35. The number of piperidine rings is 1. The predicted octanol–water partition coefficient (Wildman–Crippen LogP) is 1.57. The molecule has 0 aromatic rings. The molecule has 18 heavy (non-hydrogen) atoms. The zero-order valence-electron chi connectivity index (χ0n) is 11.7. The smallest absolute Gasteiger partial charge is 0.225 e. The van der Waals surface area contributed by atoms with E-state index in [1.54, 1.807) is 0 Å². The highest BCUT2D eigenvalue weighted by Gasteiger charge is 2.27. The summed E-state index contributed by atoms with van der Waals surface area (Å²) in [5.41, 5.74) is 0.954. The zero-order valence-corrected chi connectivity index (χ0v) is 11.7. The van der Waals surface area contributed by atoms with Gasteiger partial charge in [0.1, 0.15) is 0 Å². The fraction of sp³-hybridized carbons (Fsp3) is 0.714. The van der Waals surface area contributed by atoms with Crippen LogP contribution in [0.25, 0.3) is 0 Å². The lowest BCUT2D eigenvalue weighted by atomic mass is 9.95. The summed E-state index contributed by atoms with van der Waals surface area (Å²) in [6, 6.07) is 0. The SMILES string of the molecule is C=C(C)CNC(=O)C1CCN(C(=O)C(C)C)CC1. The highest BCUT2D eigenvalue weighted by Crippen LogP contribution is 2.18. The summed E-state index contributed by atoms with van der Waals surface area (Å²) in [5.74, 6) is 0.366. The number of carbonyl (C=O) groups is 2. The van der Waals surface area contributed by atoms with Crippen LogP contribution in [-0.4, -0.2) is 36.3 Å². The number of hydrogen-bond donors (Lipinski definition) is 1. The number of carbonyl (C=O) groups excluding carboxylic acids is 2. The van der Waals surface area contributed by atoms with Crippen LogP contribution in [0.5, 0.6) is 0 Å². The van der Waals surface area contributed by atoms with Gasteiger partial charge in [0.2, 0.25) is 11.8 Å². The average molecular weight is 252 g/mol. The van der Waals surface area contributed by atoms with E-state index >= 15 is 0 Å². The first kappa shape index (κ1) is 14.7. The highest BCUT2D eigenvalue weighted by molar-refractivity contribution is 5.80. The van der Waals surface area contributed by atoms with Gasteiger partial charge in [-0.15, -0.1) is 0 Å². The van der Waals surface area contributed by atoms with Crippen LogP contribution in [-0.2, 0) is 9.59 Å². The van der Waals surface area contributed by atoms with E-state index in [1.807, 2.05) is 25.7 Å². The van der Waals surface area contributed by atoms with Crippen molar-refractivity contribution in [1.29, 1.82) is 0 Å². The number of nitrogens with one attached hydrogen (secondary N) is 1. The third-order valence-electron chi connectivity index (χ3n) is 3.24. The van der Waals surface area contributed by atoms with Gasteiger partial charge in [0, 0.05) is 31.5 Å². The molecular formula is C14H24N2O2. The van der Waals surface area contributed by atoms with Gasteiger partial charge in [0.05, 0.1) is 0 Å². The summed E-state index contributed by atoms with van der Waals surface area (Å²) in [7, 11) is 0. The van der Waals surface area contributed by atoms with E-state index < -0.39 is 0 Å². The predicted molar refractivity (Wildman–Crippen MR) is 72.0 cm³/mol. The van der Waals surface area contributed by atoms with Crippen LogP contribution in [0.2, 0.25) is 0 Å². The van der Waals surface area contributed by atoms with Gasteiger partial charge in [0.25, 0.3) is 0 Å². The molecule has 2 amide bonds. The van der Waals surface area contributed by atoms with Crippen LogP contribution >= 0.6 is 0 Å². The third kappa shape index (κ3) is 4.17. The van der Waals surface area contributed by atoms with Gasteiger partial charge in [-0.1, -0.05) is 26.0 Å². The second-order valence-electron chi connectivity index (χ2n) is 5.43. The number of nitrogens with zero attached hydrogens (tertiary/aromatic N) is 1. The molecule has 1 aliphatic heterocycles. The van der Waals surface area contributed by atoms with Crippen molar-refractivity contribution in [1.82, 2.24) is 10.2 Å². The topological polar surface area (TPSA) is 49.4 Å². The van der Waals surface area contributed by atoms with Crippen molar-refractivity contribution >= 4 is 11.8 Å². The van der Waals surface area contributed by atoms with Crippen molar-refractivity contribution in [3.8, 4) is 0 Å². The van der Waals surface area contributed by atoms with Gasteiger partial charge in [-0.3, -0.25) is 9.59 Å². The normalized spacial score (nSPS) is 16.8. The number of rotatable bonds is 4. The molecule has 1 saturated heterocycles. The molecule has 1 N–H and O–H groups in total. The monoisotopic (exact) mass is 252 g/mol. The van der Waals surface area contributed by atoms with Crippen molar-refractivity contribution < 1.29 is 9.59 Å². The zero-order chi connectivity index (χ0) is 13.7. The molecule has 1 aliphatic rings.